The lowest BCUT2D eigenvalue weighted by Crippen LogP contribution is -2.45. The van der Waals surface area contributed by atoms with Gasteiger partial charge in [0, 0.05) is 0 Å². The summed E-state index contributed by atoms with van der Waals surface area (Å²) in [5.74, 6) is 0. The fraction of sp³-hybridized carbons (Fsp3) is 0.909. The topological polar surface area (TPSA) is 27.0 Å². The molecule has 2 nitrogen and oxygen atoms in total. The van der Waals surface area contributed by atoms with Gasteiger partial charge in [0.2, 0.25) is 0 Å². The SMILES string of the molecule is CCCC(C#N)(CC)N1CCCC1. The standard InChI is InChI=1S/C11H20N2/c1-3-7-11(4-2,10-12)13-8-5-6-9-13/h3-9H2,1-2H3. The molecular formula is C11H20N2. The summed E-state index contributed by atoms with van der Waals surface area (Å²) < 4.78 is 0. The number of nitriles is 1. The minimum atomic E-state index is -0.148. The molecule has 1 rings (SSSR count). The van der Waals surface area contributed by atoms with Crippen LogP contribution in [0.1, 0.15) is 46.0 Å². The normalized spacial score (nSPS) is 22.5. The van der Waals surface area contributed by atoms with E-state index in [1.165, 1.54) is 12.8 Å². The predicted molar refractivity (Wildman–Crippen MR) is 54.4 cm³/mol. The average Bonchev–Trinajstić information content (AvgIpc) is 2.68. The van der Waals surface area contributed by atoms with Gasteiger partial charge in [0.1, 0.15) is 5.54 Å². The quantitative estimate of drug-likeness (QED) is 0.665. The van der Waals surface area contributed by atoms with E-state index in [-0.39, 0.29) is 5.54 Å². The Labute approximate surface area is 81.5 Å². The smallest absolute Gasteiger partial charge is 0.108 e. The first-order valence-corrected chi connectivity index (χ1v) is 5.45. The largest absolute Gasteiger partial charge is 0.286 e. The summed E-state index contributed by atoms with van der Waals surface area (Å²) in [6.45, 7) is 6.55. The molecule has 0 spiro atoms. The summed E-state index contributed by atoms with van der Waals surface area (Å²) in [7, 11) is 0. The molecule has 13 heavy (non-hydrogen) atoms. The van der Waals surface area contributed by atoms with E-state index >= 15 is 0 Å². The molecule has 0 radical (unpaired) electrons. The number of hydrogen-bond donors (Lipinski definition) is 0. The molecule has 0 N–H and O–H groups in total. The number of nitrogens with zero attached hydrogens (tertiary/aromatic N) is 2. The van der Waals surface area contributed by atoms with Crippen LogP contribution in [0.2, 0.25) is 0 Å². The molecule has 0 aromatic heterocycles. The van der Waals surface area contributed by atoms with Crippen molar-refractivity contribution in [1.29, 1.82) is 5.26 Å². The Balaban J connectivity index is 2.69. The minimum absolute atomic E-state index is 0.148. The molecule has 1 aliphatic heterocycles. The molecule has 0 saturated carbocycles. The number of likely N-dealkylation sites (tertiary alicyclic amines) is 1. The highest BCUT2D eigenvalue weighted by Gasteiger charge is 2.35. The second-order valence-corrected chi connectivity index (χ2v) is 3.94. The predicted octanol–water partition coefficient (Wildman–Crippen LogP) is 2.55. The van der Waals surface area contributed by atoms with E-state index in [1.807, 2.05) is 0 Å². The van der Waals surface area contributed by atoms with Crippen molar-refractivity contribution in [2.45, 2.75) is 51.5 Å². The molecule has 0 aromatic carbocycles. The second-order valence-electron chi connectivity index (χ2n) is 3.94. The Morgan fingerprint density at radius 3 is 2.31 bits per heavy atom. The van der Waals surface area contributed by atoms with Crippen LogP contribution in [0.3, 0.4) is 0 Å². The van der Waals surface area contributed by atoms with Crippen molar-refractivity contribution < 1.29 is 0 Å². The Bertz CT molecular complexity index is 189. The van der Waals surface area contributed by atoms with Crippen LogP contribution in [-0.4, -0.2) is 23.5 Å². The summed E-state index contributed by atoms with van der Waals surface area (Å²) in [5.41, 5.74) is -0.148. The van der Waals surface area contributed by atoms with Gasteiger partial charge >= 0.3 is 0 Å². The zero-order valence-electron chi connectivity index (χ0n) is 8.84. The van der Waals surface area contributed by atoms with Crippen LogP contribution in [0.25, 0.3) is 0 Å². The van der Waals surface area contributed by atoms with E-state index in [1.54, 1.807) is 0 Å². The lowest BCUT2D eigenvalue weighted by atomic mass is 9.90. The van der Waals surface area contributed by atoms with E-state index in [2.05, 4.69) is 24.8 Å². The summed E-state index contributed by atoms with van der Waals surface area (Å²) in [6.07, 6.45) is 5.65. The summed E-state index contributed by atoms with van der Waals surface area (Å²) in [5, 5.41) is 9.28. The molecule has 1 unspecified atom stereocenters. The van der Waals surface area contributed by atoms with E-state index in [9.17, 15) is 5.26 Å². The van der Waals surface area contributed by atoms with Gasteiger partial charge in [0.25, 0.3) is 0 Å². The van der Waals surface area contributed by atoms with Gasteiger partial charge in [-0.1, -0.05) is 20.3 Å². The minimum Gasteiger partial charge on any atom is -0.286 e. The maximum absolute atomic E-state index is 9.28. The molecule has 0 aliphatic carbocycles. The highest BCUT2D eigenvalue weighted by molar-refractivity contribution is 5.08. The molecule has 74 valence electrons. The van der Waals surface area contributed by atoms with Crippen LogP contribution in [0.4, 0.5) is 0 Å². The van der Waals surface area contributed by atoms with Gasteiger partial charge in [-0.2, -0.15) is 5.26 Å². The van der Waals surface area contributed by atoms with Gasteiger partial charge in [0.05, 0.1) is 6.07 Å². The van der Waals surface area contributed by atoms with Gasteiger partial charge in [-0.05, 0) is 38.8 Å². The monoisotopic (exact) mass is 180 g/mol. The summed E-state index contributed by atoms with van der Waals surface area (Å²) >= 11 is 0. The molecule has 1 heterocycles. The average molecular weight is 180 g/mol. The lowest BCUT2D eigenvalue weighted by Gasteiger charge is -2.34. The lowest BCUT2D eigenvalue weighted by molar-refractivity contribution is 0.155. The molecule has 0 aromatic rings. The Hall–Kier alpha value is -0.550. The highest BCUT2D eigenvalue weighted by atomic mass is 15.2. The molecule has 0 bridgehead atoms. The zero-order valence-corrected chi connectivity index (χ0v) is 8.84. The van der Waals surface area contributed by atoms with E-state index in [0.29, 0.717) is 0 Å². The third kappa shape index (κ3) is 2.03. The van der Waals surface area contributed by atoms with Crippen molar-refractivity contribution in [3.05, 3.63) is 0 Å². The van der Waals surface area contributed by atoms with Crippen molar-refractivity contribution in [3.8, 4) is 6.07 Å². The van der Waals surface area contributed by atoms with E-state index < -0.39 is 0 Å². The maximum Gasteiger partial charge on any atom is 0.108 e. The maximum atomic E-state index is 9.28. The van der Waals surface area contributed by atoms with Crippen LogP contribution in [0.15, 0.2) is 0 Å². The zero-order chi connectivity index (χ0) is 9.73. The number of rotatable bonds is 4. The van der Waals surface area contributed by atoms with Crippen molar-refractivity contribution in [3.63, 3.8) is 0 Å². The van der Waals surface area contributed by atoms with Crippen molar-refractivity contribution in [1.82, 2.24) is 4.90 Å². The van der Waals surface area contributed by atoms with Crippen LogP contribution < -0.4 is 0 Å². The Kier molecular flexibility index (Phi) is 3.74. The molecule has 1 atom stereocenters. The van der Waals surface area contributed by atoms with Gasteiger partial charge < -0.3 is 0 Å². The Morgan fingerprint density at radius 1 is 1.31 bits per heavy atom. The van der Waals surface area contributed by atoms with E-state index in [4.69, 9.17) is 0 Å². The highest BCUT2D eigenvalue weighted by Crippen LogP contribution is 2.28. The third-order valence-corrected chi connectivity index (χ3v) is 3.17. The molecular weight excluding hydrogens is 160 g/mol. The van der Waals surface area contributed by atoms with Crippen LogP contribution in [0.5, 0.6) is 0 Å². The molecule has 1 saturated heterocycles. The van der Waals surface area contributed by atoms with Gasteiger partial charge in [-0.3, -0.25) is 4.90 Å². The van der Waals surface area contributed by atoms with Gasteiger partial charge in [0.15, 0.2) is 0 Å². The first kappa shape index (κ1) is 10.5. The van der Waals surface area contributed by atoms with Crippen molar-refractivity contribution in [2.75, 3.05) is 13.1 Å². The summed E-state index contributed by atoms with van der Waals surface area (Å²) in [4.78, 5) is 2.39. The molecule has 1 aliphatic rings. The molecule has 0 amide bonds. The Morgan fingerprint density at radius 2 is 1.92 bits per heavy atom. The van der Waals surface area contributed by atoms with Crippen LogP contribution in [-0.2, 0) is 0 Å². The first-order chi connectivity index (χ1) is 6.29. The first-order valence-electron chi connectivity index (χ1n) is 5.45. The molecule has 2 heteroatoms. The third-order valence-electron chi connectivity index (χ3n) is 3.17. The summed E-state index contributed by atoms with van der Waals surface area (Å²) in [6, 6.07) is 2.53. The fourth-order valence-electron chi connectivity index (χ4n) is 2.32. The van der Waals surface area contributed by atoms with Crippen molar-refractivity contribution in [2.24, 2.45) is 0 Å². The molecule has 1 fully saturated rings. The fourth-order valence-corrected chi connectivity index (χ4v) is 2.32. The van der Waals surface area contributed by atoms with Gasteiger partial charge in [-0.15, -0.1) is 0 Å². The van der Waals surface area contributed by atoms with Gasteiger partial charge in [-0.25, -0.2) is 0 Å². The van der Waals surface area contributed by atoms with Crippen LogP contribution in [0, 0.1) is 11.3 Å². The van der Waals surface area contributed by atoms with Crippen LogP contribution >= 0.6 is 0 Å². The van der Waals surface area contributed by atoms with Crippen molar-refractivity contribution >= 4 is 0 Å². The number of hydrogen-bond acceptors (Lipinski definition) is 2. The second kappa shape index (κ2) is 4.62. The van der Waals surface area contributed by atoms with E-state index in [0.717, 1.165) is 32.4 Å².